The summed E-state index contributed by atoms with van der Waals surface area (Å²) in [5, 5.41) is 22.8. The van der Waals surface area contributed by atoms with Gasteiger partial charge >= 0.3 is 0 Å². The molecule has 0 saturated heterocycles. The Labute approximate surface area is 136 Å². The fourth-order valence-electron chi connectivity index (χ4n) is 2.19. The maximum atomic E-state index is 11.9. The molecule has 0 aliphatic heterocycles. The molecule has 2 aromatic carbocycles. The zero-order valence-electron chi connectivity index (χ0n) is 12.8. The second kappa shape index (κ2) is 6.33. The molecule has 0 spiro atoms. The fourth-order valence-corrected chi connectivity index (χ4v) is 2.19. The number of nitrogens with zero attached hydrogens (tertiary/aromatic N) is 2. The number of benzene rings is 2. The molecule has 0 amide bonds. The molecule has 0 bridgehead atoms. The SMILES string of the molecule is CC(=O)c1ccc(N=Nc2c(-c3cccc(O)c3)[nH][nH]c2=O)cc1. The predicted octanol–water partition coefficient (Wildman–Crippen LogP) is 3.69. The molecule has 3 aromatic rings. The molecule has 24 heavy (non-hydrogen) atoms. The summed E-state index contributed by atoms with van der Waals surface area (Å²) >= 11 is 0. The average molecular weight is 322 g/mol. The van der Waals surface area contributed by atoms with E-state index in [1.54, 1.807) is 36.4 Å². The first-order valence-corrected chi connectivity index (χ1v) is 7.17. The van der Waals surface area contributed by atoms with Crippen LogP contribution >= 0.6 is 0 Å². The number of phenols is 1. The molecule has 7 nitrogen and oxygen atoms in total. The summed E-state index contributed by atoms with van der Waals surface area (Å²) < 4.78 is 0. The van der Waals surface area contributed by atoms with Gasteiger partial charge in [-0.25, -0.2) is 0 Å². The number of carbonyl (C=O) groups is 1. The number of hydrogen-bond donors (Lipinski definition) is 3. The van der Waals surface area contributed by atoms with Gasteiger partial charge in [0, 0.05) is 11.1 Å². The lowest BCUT2D eigenvalue weighted by Crippen LogP contribution is -1.96. The van der Waals surface area contributed by atoms with Gasteiger partial charge in [-0.2, -0.15) is 5.11 Å². The zero-order chi connectivity index (χ0) is 17.1. The monoisotopic (exact) mass is 322 g/mol. The Kier molecular flexibility index (Phi) is 4.07. The molecule has 120 valence electrons. The minimum absolute atomic E-state index is 0.0354. The van der Waals surface area contributed by atoms with Crippen molar-refractivity contribution in [2.24, 2.45) is 10.2 Å². The van der Waals surface area contributed by atoms with Gasteiger partial charge in [-0.15, -0.1) is 5.11 Å². The molecule has 0 saturated carbocycles. The Morgan fingerprint density at radius 3 is 2.46 bits per heavy atom. The highest BCUT2D eigenvalue weighted by atomic mass is 16.3. The van der Waals surface area contributed by atoms with Crippen LogP contribution < -0.4 is 5.56 Å². The van der Waals surface area contributed by atoms with Crippen molar-refractivity contribution in [3.63, 3.8) is 0 Å². The first kappa shape index (κ1) is 15.4. The molecule has 0 aliphatic rings. The number of rotatable bonds is 4. The van der Waals surface area contributed by atoms with Crippen molar-refractivity contribution in [3.05, 3.63) is 64.4 Å². The highest BCUT2D eigenvalue weighted by molar-refractivity contribution is 5.94. The second-order valence-electron chi connectivity index (χ2n) is 5.16. The molecule has 0 atom stereocenters. The third-order valence-electron chi connectivity index (χ3n) is 3.43. The van der Waals surface area contributed by atoms with Gasteiger partial charge in [0.15, 0.2) is 11.5 Å². The van der Waals surface area contributed by atoms with Crippen LogP contribution in [0.3, 0.4) is 0 Å². The Balaban J connectivity index is 1.94. The van der Waals surface area contributed by atoms with Crippen molar-refractivity contribution >= 4 is 17.2 Å². The van der Waals surface area contributed by atoms with E-state index < -0.39 is 5.56 Å². The van der Waals surface area contributed by atoms with E-state index in [0.717, 1.165) is 0 Å². The number of aromatic hydroxyl groups is 1. The number of Topliss-reactive ketones (excluding diaryl/α,β-unsaturated/α-hetero) is 1. The van der Waals surface area contributed by atoms with E-state index in [9.17, 15) is 14.7 Å². The minimum Gasteiger partial charge on any atom is -0.508 e. The number of aromatic amines is 2. The number of phenolic OH excluding ortho intramolecular Hbond substituents is 1. The number of azo groups is 1. The largest absolute Gasteiger partial charge is 0.508 e. The van der Waals surface area contributed by atoms with Crippen LogP contribution in [0.4, 0.5) is 11.4 Å². The lowest BCUT2D eigenvalue weighted by Gasteiger charge is -1.99. The van der Waals surface area contributed by atoms with Crippen LogP contribution in [-0.2, 0) is 0 Å². The van der Waals surface area contributed by atoms with Crippen LogP contribution in [0.15, 0.2) is 63.6 Å². The molecule has 1 aromatic heterocycles. The fraction of sp³-hybridized carbons (Fsp3) is 0.0588. The van der Waals surface area contributed by atoms with Gasteiger partial charge in [-0.05, 0) is 43.3 Å². The van der Waals surface area contributed by atoms with Crippen molar-refractivity contribution < 1.29 is 9.90 Å². The number of ketones is 1. The lowest BCUT2D eigenvalue weighted by atomic mass is 10.1. The van der Waals surface area contributed by atoms with Gasteiger partial charge in [0.2, 0.25) is 0 Å². The highest BCUT2D eigenvalue weighted by Crippen LogP contribution is 2.28. The summed E-state index contributed by atoms with van der Waals surface area (Å²) in [6.45, 7) is 1.48. The molecular weight excluding hydrogens is 308 g/mol. The molecule has 0 fully saturated rings. The van der Waals surface area contributed by atoms with E-state index >= 15 is 0 Å². The van der Waals surface area contributed by atoms with Gasteiger partial charge in [-0.1, -0.05) is 12.1 Å². The molecule has 0 aliphatic carbocycles. The molecule has 3 N–H and O–H groups in total. The van der Waals surface area contributed by atoms with Crippen LogP contribution in [0, 0.1) is 0 Å². The molecular formula is C17H14N4O3. The topological polar surface area (TPSA) is 111 Å². The Morgan fingerprint density at radius 1 is 1.04 bits per heavy atom. The van der Waals surface area contributed by atoms with Gasteiger partial charge < -0.3 is 5.11 Å². The summed E-state index contributed by atoms with van der Waals surface area (Å²) in [6, 6.07) is 13.0. The standard InChI is InChI=1S/C17H14N4O3/c1-10(22)11-5-7-13(8-6-11)18-20-16-15(19-21-17(16)24)12-3-2-4-14(23)9-12/h2-9,23H,1H3,(H2,19,21,24). The Morgan fingerprint density at radius 2 is 1.79 bits per heavy atom. The number of nitrogens with one attached hydrogen (secondary N) is 2. The van der Waals surface area contributed by atoms with E-state index in [1.807, 2.05) is 0 Å². The normalized spacial score (nSPS) is 11.0. The number of carbonyl (C=O) groups excluding carboxylic acids is 1. The Bertz CT molecular complexity index is 968. The van der Waals surface area contributed by atoms with E-state index in [-0.39, 0.29) is 17.2 Å². The third kappa shape index (κ3) is 3.14. The van der Waals surface area contributed by atoms with E-state index in [0.29, 0.717) is 22.5 Å². The summed E-state index contributed by atoms with van der Waals surface area (Å²) in [7, 11) is 0. The molecule has 3 rings (SSSR count). The van der Waals surface area contributed by atoms with Gasteiger partial charge in [0.05, 0.1) is 11.4 Å². The number of aromatic nitrogens is 2. The van der Waals surface area contributed by atoms with Crippen LogP contribution in [-0.4, -0.2) is 21.1 Å². The second-order valence-corrected chi connectivity index (χ2v) is 5.16. The van der Waals surface area contributed by atoms with Crippen LogP contribution in [0.2, 0.25) is 0 Å². The van der Waals surface area contributed by atoms with E-state index in [2.05, 4.69) is 20.4 Å². The van der Waals surface area contributed by atoms with Crippen molar-refractivity contribution in [1.82, 2.24) is 10.2 Å². The summed E-state index contributed by atoms with van der Waals surface area (Å²) in [4.78, 5) is 23.2. The van der Waals surface area contributed by atoms with Gasteiger partial charge in [0.25, 0.3) is 5.56 Å². The van der Waals surface area contributed by atoms with Crippen molar-refractivity contribution in [2.45, 2.75) is 6.92 Å². The minimum atomic E-state index is -0.419. The molecule has 7 heteroatoms. The maximum absolute atomic E-state index is 11.9. The lowest BCUT2D eigenvalue weighted by molar-refractivity contribution is 0.101. The average Bonchev–Trinajstić information content (AvgIpc) is 2.94. The Hall–Kier alpha value is -3.48. The van der Waals surface area contributed by atoms with Crippen molar-refractivity contribution in [3.8, 4) is 17.0 Å². The molecule has 1 heterocycles. The highest BCUT2D eigenvalue weighted by Gasteiger charge is 2.12. The molecule has 0 unspecified atom stereocenters. The third-order valence-corrected chi connectivity index (χ3v) is 3.43. The first-order chi connectivity index (χ1) is 11.5. The van der Waals surface area contributed by atoms with E-state index in [1.165, 1.54) is 19.1 Å². The number of hydrogen-bond acceptors (Lipinski definition) is 5. The van der Waals surface area contributed by atoms with Crippen LogP contribution in [0.5, 0.6) is 5.75 Å². The number of H-pyrrole nitrogens is 2. The van der Waals surface area contributed by atoms with Gasteiger partial charge in [0.1, 0.15) is 5.75 Å². The van der Waals surface area contributed by atoms with E-state index in [4.69, 9.17) is 0 Å². The summed E-state index contributed by atoms with van der Waals surface area (Å²) in [6.07, 6.45) is 0. The van der Waals surface area contributed by atoms with Crippen LogP contribution in [0.25, 0.3) is 11.3 Å². The predicted molar refractivity (Wildman–Crippen MR) is 89.1 cm³/mol. The first-order valence-electron chi connectivity index (χ1n) is 7.17. The van der Waals surface area contributed by atoms with Gasteiger partial charge in [-0.3, -0.25) is 19.8 Å². The summed E-state index contributed by atoms with van der Waals surface area (Å²) in [5.74, 6) is 0.0454. The quantitative estimate of drug-likeness (QED) is 0.503. The molecule has 0 radical (unpaired) electrons. The summed E-state index contributed by atoms with van der Waals surface area (Å²) in [5.41, 5.74) is 1.82. The zero-order valence-corrected chi connectivity index (χ0v) is 12.8. The smallest absolute Gasteiger partial charge is 0.292 e. The maximum Gasteiger partial charge on any atom is 0.292 e. The van der Waals surface area contributed by atoms with Crippen molar-refractivity contribution in [2.75, 3.05) is 0 Å². The van der Waals surface area contributed by atoms with Crippen LogP contribution in [0.1, 0.15) is 17.3 Å². The van der Waals surface area contributed by atoms with Crippen molar-refractivity contribution in [1.29, 1.82) is 0 Å².